The van der Waals surface area contributed by atoms with E-state index in [1.54, 1.807) is 0 Å². The molecule has 0 N–H and O–H groups in total. The van der Waals surface area contributed by atoms with E-state index >= 15 is 4.79 Å². The lowest BCUT2D eigenvalue weighted by molar-refractivity contribution is 0.661. The van der Waals surface area contributed by atoms with Gasteiger partial charge in [0.2, 0.25) is 0 Å². The van der Waals surface area contributed by atoms with Crippen LogP contribution < -0.4 is 11.1 Å². The molecule has 6 aromatic heterocycles. The third-order valence-electron chi connectivity index (χ3n) is 17.9. The van der Waals surface area contributed by atoms with E-state index in [1.165, 1.54) is 53.6 Å². The lowest BCUT2D eigenvalue weighted by atomic mass is 9.82. The molecule has 0 radical (unpaired) electrons. The van der Waals surface area contributed by atoms with Crippen molar-refractivity contribution in [3.63, 3.8) is 0 Å². The van der Waals surface area contributed by atoms with Crippen LogP contribution in [0.4, 0.5) is 0 Å². The number of aryl methyl sites for hydroxylation is 1. The van der Waals surface area contributed by atoms with Crippen molar-refractivity contribution in [3.05, 3.63) is 249 Å². The average Bonchev–Trinajstić information content (AvgIpc) is 4.23. The van der Waals surface area contributed by atoms with Gasteiger partial charge < -0.3 is 4.57 Å². The molecular weight excluding hydrogens is 983 g/mol. The Bertz CT molecular complexity index is 5590. The van der Waals surface area contributed by atoms with Crippen molar-refractivity contribution in [2.45, 2.75) is 32.6 Å². The maximum absolute atomic E-state index is 15.1. The van der Waals surface area contributed by atoms with Crippen LogP contribution in [0.1, 0.15) is 41.8 Å². The minimum atomic E-state index is -0.299. The summed E-state index contributed by atoms with van der Waals surface area (Å²) >= 11 is 1.83. The largest absolute Gasteiger partial charge is 0.309 e. The molecule has 6 heteroatoms. The summed E-state index contributed by atoms with van der Waals surface area (Å²) in [4.78, 5) is 30.6. The molecule has 6 heterocycles. The summed E-state index contributed by atoms with van der Waals surface area (Å²) in [6.07, 6.45) is 7.17. The number of pyridine rings is 2. The zero-order valence-corrected chi connectivity index (χ0v) is 44.4. The van der Waals surface area contributed by atoms with Gasteiger partial charge in [0.15, 0.2) is 0 Å². The predicted molar refractivity (Wildman–Crippen MR) is 335 cm³/mol. The second-order valence-corrected chi connectivity index (χ2v) is 23.4. The van der Waals surface area contributed by atoms with E-state index in [9.17, 15) is 4.79 Å². The Morgan fingerprint density at radius 3 is 1.70 bits per heavy atom. The molecule has 17 rings (SSSR count). The number of thiophene rings is 1. The van der Waals surface area contributed by atoms with E-state index in [2.05, 4.69) is 202 Å². The number of allylic oxidation sites excluding steroid dienone is 2. The number of rotatable bonds is 6. The minimum Gasteiger partial charge on any atom is -0.309 e. The molecule has 1 aliphatic carbocycles. The number of hydrogen-bond acceptors (Lipinski definition) is 3. The van der Waals surface area contributed by atoms with Crippen LogP contribution in [0.5, 0.6) is 0 Å². The topological polar surface area (TPSA) is 47.9 Å². The van der Waals surface area contributed by atoms with Crippen LogP contribution in [-0.4, -0.2) is 13.4 Å². The van der Waals surface area contributed by atoms with Crippen molar-refractivity contribution in [2.75, 3.05) is 0 Å². The molecule has 0 atom stereocenters. The van der Waals surface area contributed by atoms with Gasteiger partial charge in [0.1, 0.15) is 0 Å². The van der Waals surface area contributed by atoms with Gasteiger partial charge in [0, 0.05) is 74.5 Å². The average molecular weight is 1030 g/mol. The van der Waals surface area contributed by atoms with E-state index in [4.69, 9.17) is 0 Å². The summed E-state index contributed by atoms with van der Waals surface area (Å²) in [5.74, 6) is 0. The predicted octanol–water partition coefficient (Wildman–Crippen LogP) is 18.6. The number of nitrogens with zero attached hydrogens (tertiary/aromatic N) is 3. The first kappa shape index (κ1) is 44.5. The number of aromatic nitrogens is 3. The second kappa shape index (κ2) is 15.8. The van der Waals surface area contributed by atoms with Gasteiger partial charge >= 0.3 is 0 Å². The van der Waals surface area contributed by atoms with E-state index in [-0.39, 0.29) is 16.5 Å². The Hall–Kier alpha value is -9.62. The third-order valence-corrected chi connectivity index (χ3v) is 19.1. The maximum atomic E-state index is 15.1. The standard InChI is InChI=1S/C73H47N3O2S/c1-5-6-7-24-67-40(2)52-31-43(27-30-68(52)79-67)44-34-56-47-28-25-41(33-60(47)72(78)76-64-22-14-11-18-49(64)57(35-44)69(56)76)42-26-29-61-53(32-42)54-38-55-48-17-10-13-21-63(48)74(66(55)39-62(54)73(61,3)4)45-36-58-46-16-8-9-20-51(46)71(77)75-65-23-15-12-19-50(65)59(37-45)70(58)75/h5,7-39H,1,6H2,2-4H3/b24-7-. The quantitative estimate of drug-likeness (QED) is 0.123. The Morgan fingerprint density at radius 2 is 0.975 bits per heavy atom. The SMILES string of the molecule is C=CC/C=C\c1sc2ccc(-c3cc4c5ccc(-c6ccc7c(c6)-c6cc8c9ccccc9n(-c9cc%10c%11ccccc%11c(=O)n%11c%12ccccc%12c(c9)c%10%11)c8cc6C7(C)C)cc5c(=O)n5c6ccccc6c(c3)c45)cc2c1C. The van der Waals surface area contributed by atoms with E-state index in [0.29, 0.717) is 10.8 Å². The van der Waals surface area contributed by atoms with E-state index < -0.39 is 0 Å². The molecule has 0 saturated heterocycles. The molecule has 79 heavy (non-hydrogen) atoms. The van der Waals surface area contributed by atoms with Gasteiger partial charge in [0.05, 0.1) is 33.1 Å². The maximum Gasteiger partial charge on any atom is 0.263 e. The van der Waals surface area contributed by atoms with Crippen LogP contribution in [0.25, 0.3) is 153 Å². The molecule has 0 aliphatic heterocycles. The van der Waals surface area contributed by atoms with Crippen LogP contribution >= 0.6 is 11.3 Å². The van der Waals surface area contributed by atoms with Crippen LogP contribution in [0.3, 0.4) is 0 Å². The number of benzene rings is 10. The molecule has 0 amide bonds. The van der Waals surface area contributed by atoms with Crippen molar-refractivity contribution in [2.24, 2.45) is 0 Å². The lowest BCUT2D eigenvalue weighted by Gasteiger charge is -2.22. The monoisotopic (exact) mass is 1030 g/mol. The minimum absolute atomic E-state index is 0.00559. The molecule has 16 aromatic rings. The van der Waals surface area contributed by atoms with E-state index in [0.717, 1.165) is 111 Å². The highest BCUT2D eigenvalue weighted by Gasteiger charge is 2.37. The Kier molecular flexibility index (Phi) is 8.87. The Balaban J connectivity index is 0.836. The summed E-state index contributed by atoms with van der Waals surface area (Å²) < 4.78 is 7.59. The number of para-hydroxylation sites is 3. The first-order valence-corrected chi connectivity index (χ1v) is 28.0. The van der Waals surface area contributed by atoms with Crippen LogP contribution in [0, 0.1) is 6.92 Å². The fourth-order valence-corrected chi connectivity index (χ4v) is 15.2. The van der Waals surface area contributed by atoms with Gasteiger partial charge in [0.25, 0.3) is 11.1 Å². The van der Waals surface area contributed by atoms with Gasteiger partial charge in [-0.25, -0.2) is 0 Å². The Morgan fingerprint density at radius 1 is 0.456 bits per heavy atom. The molecule has 0 spiro atoms. The first-order chi connectivity index (χ1) is 38.6. The van der Waals surface area contributed by atoms with Gasteiger partial charge in [-0.2, -0.15) is 0 Å². The highest BCUT2D eigenvalue weighted by atomic mass is 32.1. The fraction of sp³-hybridized carbons (Fsp3) is 0.0685. The zero-order valence-electron chi connectivity index (χ0n) is 43.6. The summed E-state index contributed by atoms with van der Waals surface area (Å²) in [5, 5.41) is 13.4. The van der Waals surface area contributed by atoms with Gasteiger partial charge in [-0.15, -0.1) is 17.9 Å². The highest BCUT2D eigenvalue weighted by molar-refractivity contribution is 7.20. The molecule has 10 aromatic carbocycles. The first-order valence-electron chi connectivity index (χ1n) is 27.2. The fourth-order valence-electron chi connectivity index (χ4n) is 14.1. The number of hydrogen-bond donors (Lipinski definition) is 0. The Labute approximate surface area is 456 Å². The summed E-state index contributed by atoms with van der Waals surface area (Å²) in [6, 6.07) is 67.7. The lowest BCUT2D eigenvalue weighted by Crippen LogP contribution is -2.15. The number of fused-ring (bicyclic) bond motifs is 17. The molecular formula is C73H47N3O2S. The molecule has 5 nitrogen and oxygen atoms in total. The third kappa shape index (κ3) is 5.88. The molecule has 1 aliphatic rings. The summed E-state index contributed by atoms with van der Waals surface area (Å²) in [6.45, 7) is 10.8. The molecule has 0 bridgehead atoms. The van der Waals surface area contributed by atoms with Gasteiger partial charge in [-0.05, 0) is 171 Å². The summed E-state index contributed by atoms with van der Waals surface area (Å²) in [5.41, 5.74) is 17.5. The van der Waals surface area contributed by atoms with Crippen LogP contribution in [0.2, 0.25) is 0 Å². The van der Waals surface area contributed by atoms with E-state index in [1.807, 2.05) is 56.5 Å². The van der Waals surface area contributed by atoms with Crippen molar-refractivity contribution in [1.82, 2.24) is 13.4 Å². The van der Waals surface area contributed by atoms with Crippen LogP contribution in [0.15, 0.2) is 216 Å². The zero-order chi connectivity index (χ0) is 52.7. The van der Waals surface area contributed by atoms with Crippen molar-refractivity contribution in [3.8, 4) is 39.1 Å². The molecule has 372 valence electrons. The van der Waals surface area contributed by atoms with Crippen LogP contribution in [-0.2, 0) is 5.41 Å². The highest BCUT2D eigenvalue weighted by Crippen LogP contribution is 2.53. The second-order valence-electron chi connectivity index (χ2n) is 22.3. The normalized spacial score (nSPS) is 13.5. The van der Waals surface area contributed by atoms with Gasteiger partial charge in [-0.3, -0.25) is 18.4 Å². The van der Waals surface area contributed by atoms with Crippen molar-refractivity contribution >= 4 is 125 Å². The van der Waals surface area contributed by atoms with Crippen molar-refractivity contribution < 1.29 is 0 Å². The smallest absolute Gasteiger partial charge is 0.263 e. The summed E-state index contributed by atoms with van der Waals surface area (Å²) in [7, 11) is 0. The molecule has 0 fully saturated rings. The molecule has 0 unspecified atom stereocenters. The van der Waals surface area contributed by atoms with Gasteiger partial charge in [-0.1, -0.05) is 129 Å². The molecule has 0 saturated carbocycles. The van der Waals surface area contributed by atoms with Crippen molar-refractivity contribution in [1.29, 1.82) is 0 Å².